The van der Waals surface area contributed by atoms with Crippen molar-refractivity contribution in [1.29, 1.82) is 0 Å². The topological polar surface area (TPSA) is 9.23 Å². The van der Waals surface area contributed by atoms with Gasteiger partial charge in [-0.1, -0.05) is 44.2 Å². The predicted molar refractivity (Wildman–Crippen MR) is 71.3 cm³/mol. The molecule has 0 aliphatic rings. The minimum Gasteiger partial charge on any atom is -0.489 e. The average Bonchev–Trinajstić information content (AvgIpc) is 2.37. The molecule has 0 unspecified atom stereocenters. The molecule has 0 heterocycles. The molecule has 0 amide bonds. The number of benzene rings is 2. The lowest BCUT2D eigenvalue weighted by atomic mass is 10.0. The summed E-state index contributed by atoms with van der Waals surface area (Å²) in [5.74, 6) is 1.05. The first-order valence-corrected chi connectivity index (χ1v) is 6.13. The van der Waals surface area contributed by atoms with E-state index >= 15 is 0 Å². The van der Waals surface area contributed by atoms with Gasteiger partial charge in [-0.05, 0) is 35.2 Å². The van der Waals surface area contributed by atoms with E-state index in [-0.39, 0.29) is 5.82 Å². The molecular formula is C16H17FO. The quantitative estimate of drug-likeness (QED) is 0.767. The summed E-state index contributed by atoms with van der Waals surface area (Å²) in [6.07, 6.45) is 0. The second-order valence-electron chi connectivity index (χ2n) is 4.61. The van der Waals surface area contributed by atoms with Crippen molar-refractivity contribution in [2.24, 2.45) is 0 Å². The Morgan fingerprint density at radius 1 is 1.06 bits per heavy atom. The van der Waals surface area contributed by atoms with E-state index in [1.54, 1.807) is 6.07 Å². The number of rotatable bonds is 4. The Balaban J connectivity index is 2.11. The second kappa shape index (κ2) is 5.67. The summed E-state index contributed by atoms with van der Waals surface area (Å²) in [6, 6.07) is 14.5. The summed E-state index contributed by atoms with van der Waals surface area (Å²) in [7, 11) is 0. The standard InChI is InChI=1S/C16H17FO/c1-12(2)15-8-3-4-9-16(15)18-11-13-6-5-7-14(17)10-13/h3-10,12H,11H2,1-2H3. The van der Waals surface area contributed by atoms with Crippen molar-refractivity contribution in [1.82, 2.24) is 0 Å². The van der Waals surface area contributed by atoms with E-state index in [1.165, 1.54) is 17.7 Å². The molecule has 0 fully saturated rings. The van der Waals surface area contributed by atoms with Gasteiger partial charge in [-0.2, -0.15) is 0 Å². The Morgan fingerprint density at radius 2 is 1.83 bits per heavy atom. The fourth-order valence-corrected chi connectivity index (χ4v) is 1.88. The molecule has 0 bridgehead atoms. The molecule has 2 heteroatoms. The van der Waals surface area contributed by atoms with Crippen molar-refractivity contribution in [3.63, 3.8) is 0 Å². The second-order valence-corrected chi connectivity index (χ2v) is 4.61. The Labute approximate surface area is 107 Å². The van der Waals surface area contributed by atoms with Crippen LogP contribution in [0.5, 0.6) is 5.75 Å². The highest BCUT2D eigenvalue weighted by Crippen LogP contribution is 2.26. The van der Waals surface area contributed by atoms with Crippen molar-refractivity contribution in [2.75, 3.05) is 0 Å². The molecule has 0 spiro atoms. The van der Waals surface area contributed by atoms with Gasteiger partial charge in [0.25, 0.3) is 0 Å². The van der Waals surface area contributed by atoms with Crippen LogP contribution in [0.1, 0.15) is 30.9 Å². The van der Waals surface area contributed by atoms with Crippen LogP contribution in [0.15, 0.2) is 48.5 Å². The van der Waals surface area contributed by atoms with Crippen LogP contribution in [-0.2, 0) is 6.61 Å². The number of ether oxygens (including phenoxy) is 1. The van der Waals surface area contributed by atoms with Crippen LogP contribution in [0.3, 0.4) is 0 Å². The van der Waals surface area contributed by atoms with Crippen molar-refractivity contribution in [3.8, 4) is 5.75 Å². The molecule has 2 aromatic carbocycles. The van der Waals surface area contributed by atoms with E-state index in [0.717, 1.165) is 11.3 Å². The number of para-hydroxylation sites is 1. The SMILES string of the molecule is CC(C)c1ccccc1OCc1cccc(F)c1. The molecular weight excluding hydrogens is 227 g/mol. The summed E-state index contributed by atoms with van der Waals surface area (Å²) >= 11 is 0. The zero-order chi connectivity index (χ0) is 13.0. The van der Waals surface area contributed by atoms with Gasteiger partial charge >= 0.3 is 0 Å². The Hall–Kier alpha value is -1.83. The minimum absolute atomic E-state index is 0.228. The van der Waals surface area contributed by atoms with E-state index in [0.29, 0.717) is 12.5 Å². The maximum atomic E-state index is 13.0. The molecule has 0 saturated carbocycles. The van der Waals surface area contributed by atoms with E-state index < -0.39 is 0 Å². The average molecular weight is 244 g/mol. The van der Waals surface area contributed by atoms with Crippen LogP contribution >= 0.6 is 0 Å². The number of halogens is 1. The molecule has 1 nitrogen and oxygen atoms in total. The van der Waals surface area contributed by atoms with Crippen LogP contribution in [0.25, 0.3) is 0 Å². The highest BCUT2D eigenvalue weighted by molar-refractivity contribution is 5.35. The Bertz CT molecular complexity index is 520. The first-order valence-electron chi connectivity index (χ1n) is 6.13. The molecule has 2 aromatic rings. The minimum atomic E-state index is -0.228. The van der Waals surface area contributed by atoms with E-state index in [2.05, 4.69) is 19.9 Å². The smallest absolute Gasteiger partial charge is 0.123 e. The van der Waals surface area contributed by atoms with Gasteiger partial charge in [-0.25, -0.2) is 4.39 Å². The highest BCUT2D eigenvalue weighted by atomic mass is 19.1. The largest absolute Gasteiger partial charge is 0.489 e. The van der Waals surface area contributed by atoms with Gasteiger partial charge in [0.2, 0.25) is 0 Å². The molecule has 0 aliphatic heterocycles. The normalized spacial score (nSPS) is 10.7. The third kappa shape index (κ3) is 3.10. The van der Waals surface area contributed by atoms with Gasteiger partial charge in [-0.3, -0.25) is 0 Å². The lowest BCUT2D eigenvalue weighted by molar-refractivity contribution is 0.301. The van der Waals surface area contributed by atoms with Gasteiger partial charge in [0.05, 0.1) is 0 Å². The summed E-state index contributed by atoms with van der Waals surface area (Å²) in [4.78, 5) is 0. The fraction of sp³-hybridized carbons (Fsp3) is 0.250. The molecule has 94 valence electrons. The predicted octanol–water partition coefficient (Wildman–Crippen LogP) is 4.53. The van der Waals surface area contributed by atoms with Gasteiger partial charge < -0.3 is 4.74 Å². The lowest BCUT2D eigenvalue weighted by Gasteiger charge is -2.13. The van der Waals surface area contributed by atoms with Gasteiger partial charge in [0.15, 0.2) is 0 Å². The van der Waals surface area contributed by atoms with Gasteiger partial charge in [0, 0.05) is 0 Å². The van der Waals surface area contributed by atoms with Crippen LogP contribution in [0, 0.1) is 5.82 Å². The van der Waals surface area contributed by atoms with Crippen LogP contribution in [0.2, 0.25) is 0 Å². The third-order valence-electron chi connectivity index (χ3n) is 2.82. The third-order valence-corrected chi connectivity index (χ3v) is 2.82. The lowest BCUT2D eigenvalue weighted by Crippen LogP contribution is -1.99. The number of hydrogen-bond donors (Lipinski definition) is 0. The van der Waals surface area contributed by atoms with Gasteiger partial charge in [0.1, 0.15) is 18.2 Å². The molecule has 0 radical (unpaired) electrons. The monoisotopic (exact) mass is 244 g/mol. The molecule has 0 aliphatic carbocycles. The fourth-order valence-electron chi connectivity index (χ4n) is 1.88. The summed E-state index contributed by atoms with van der Waals surface area (Å²) < 4.78 is 18.8. The first-order chi connectivity index (χ1) is 8.66. The Kier molecular flexibility index (Phi) is 3.98. The summed E-state index contributed by atoms with van der Waals surface area (Å²) in [6.45, 7) is 4.65. The van der Waals surface area contributed by atoms with Crippen molar-refractivity contribution in [3.05, 3.63) is 65.5 Å². The van der Waals surface area contributed by atoms with E-state index in [4.69, 9.17) is 4.74 Å². The van der Waals surface area contributed by atoms with Crippen LogP contribution < -0.4 is 4.74 Å². The molecule has 0 saturated heterocycles. The van der Waals surface area contributed by atoms with E-state index in [1.807, 2.05) is 24.3 Å². The van der Waals surface area contributed by atoms with Gasteiger partial charge in [-0.15, -0.1) is 0 Å². The highest BCUT2D eigenvalue weighted by Gasteiger charge is 2.06. The molecule has 18 heavy (non-hydrogen) atoms. The zero-order valence-electron chi connectivity index (χ0n) is 10.7. The maximum absolute atomic E-state index is 13.0. The van der Waals surface area contributed by atoms with Crippen molar-refractivity contribution >= 4 is 0 Å². The molecule has 0 atom stereocenters. The number of hydrogen-bond acceptors (Lipinski definition) is 1. The van der Waals surface area contributed by atoms with Crippen molar-refractivity contribution < 1.29 is 9.13 Å². The molecule has 2 rings (SSSR count). The summed E-state index contributed by atoms with van der Waals surface area (Å²) in [5, 5.41) is 0. The molecule has 0 N–H and O–H groups in total. The van der Waals surface area contributed by atoms with E-state index in [9.17, 15) is 4.39 Å². The van der Waals surface area contributed by atoms with Crippen molar-refractivity contribution in [2.45, 2.75) is 26.4 Å². The zero-order valence-corrected chi connectivity index (χ0v) is 10.7. The van der Waals surface area contributed by atoms with Crippen LogP contribution in [0.4, 0.5) is 4.39 Å². The maximum Gasteiger partial charge on any atom is 0.123 e. The summed E-state index contributed by atoms with van der Waals surface area (Å²) in [5.41, 5.74) is 2.02. The first kappa shape index (κ1) is 12.6. The molecule has 0 aromatic heterocycles. The Morgan fingerprint density at radius 3 is 2.56 bits per heavy atom. The van der Waals surface area contributed by atoms with Crippen LogP contribution in [-0.4, -0.2) is 0 Å².